The van der Waals surface area contributed by atoms with Crippen molar-refractivity contribution in [3.05, 3.63) is 47.9 Å². The molecule has 1 aromatic carbocycles. The highest BCUT2D eigenvalue weighted by Crippen LogP contribution is 2.32. The first kappa shape index (κ1) is 22.9. The van der Waals surface area contributed by atoms with Gasteiger partial charge in [0.15, 0.2) is 11.5 Å². The van der Waals surface area contributed by atoms with E-state index in [1.54, 1.807) is 13.4 Å². The van der Waals surface area contributed by atoms with Crippen molar-refractivity contribution in [3.8, 4) is 11.5 Å². The van der Waals surface area contributed by atoms with Crippen LogP contribution in [0.1, 0.15) is 18.9 Å². The summed E-state index contributed by atoms with van der Waals surface area (Å²) in [7, 11) is 1.75. The number of aliphatic imine (C=N–C) groups is 1. The van der Waals surface area contributed by atoms with Gasteiger partial charge in [-0.05, 0) is 37.6 Å². The van der Waals surface area contributed by atoms with Crippen LogP contribution in [0.5, 0.6) is 11.5 Å². The molecule has 0 aliphatic carbocycles. The third-order valence-corrected chi connectivity index (χ3v) is 5.97. The third kappa shape index (κ3) is 6.14. The maximum atomic E-state index is 5.46. The van der Waals surface area contributed by atoms with Crippen molar-refractivity contribution in [1.82, 2.24) is 25.3 Å². The van der Waals surface area contributed by atoms with Crippen molar-refractivity contribution in [2.24, 2.45) is 4.99 Å². The summed E-state index contributed by atoms with van der Waals surface area (Å²) in [5, 5.41) is 10.8. The van der Waals surface area contributed by atoms with Crippen molar-refractivity contribution >= 4 is 29.0 Å². The molecular formula is C22H30N8O2S. The van der Waals surface area contributed by atoms with Crippen LogP contribution in [0.25, 0.3) is 0 Å². The zero-order valence-electron chi connectivity index (χ0n) is 19.0. The molecule has 10 nitrogen and oxygen atoms in total. The Labute approximate surface area is 198 Å². The summed E-state index contributed by atoms with van der Waals surface area (Å²) in [6, 6.07) is 6.06. The number of hydrogen-bond donors (Lipinski definition) is 3. The molecule has 0 unspecified atom stereocenters. The summed E-state index contributed by atoms with van der Waals surface area (Å²) in [6.07, 6.45) is 8.57. The second kappa shape index (κ2) is 11.5. The van der Waals surface area contributed by atoms with E-state index in [4.69, 9.17) is 14.5 Å². The number of benzene rings is 1. The Hall–Kier alpha value is -3.31. The average molecular weight is 471 g/mol. The highest BCUT2D eigenvalue weighted by molar-refractivity contribution is 7.09. The van der Waals surface area contributed by atoms with Crippen LogP contribution in [-0.2, 0) is 6.54 Å². The lowest BCUT2D eigenvalue weighted by atomic mass is 10.2. The molecular weight excluding hydrogens is 440 g/mol. The summed E-state index contributed by atoms with van der Waals surface area (Å²) in [6.45, 7) is 6.21. The smallest absolute Gasteiger partial charge is 0.244 e. The Bertz CT molecular complexity index is 1010. The van der Waals surface area contributed by atoms with Crippen LogP contribution in [0.3, 0.4) is 0 Å². The molecule has 0 saturated carbocycles. The van der Waals surface area contributed by atoms with Gasteiger partial charge in [0.2, 0.25) is 17.9 Å². The second-order valence-electron chi connectivity index (χ2n) is 7.51. The van der Waals surface area contributed by atoms with Crippen molar-refractivity contribution < 1.29 is 9.47 Å². The average Bonchev–Trinajstić information content (AvgIpc) is 3.61. The molecule has 0 amide bonds. The quantitative estimate of drug-likeness (QED) is 0.245. The maximum absolute atomic E-state index is 5.46. The van der Waals surface area contributed by atoms with Gasteiger partial charge in [-0.1, -0.05) is 12.1 Å². The van der Waals surface area contributed by atoms with Gasteiger partial charge in [0.1, 0.15) is 0 Å². The molecule has 2 aliphatic rings. The molecule has 33 heavy (non-hydrogen) atoms. The van der Waals surface area contributed by atoms with E-state index < -0.39 is 0 Å². The van der Waals surface area contributed by atoms with Gasteiger partial charge >= 0.3 is 0 Å². The Kier molecular flexibility index (Phi) is 7.99. The van der Waals surface area contributed by atoms with E-state index in [1.165, 1.54) is 17.1 Å². The summed E-state index contributed by atoms with van der Waals surface area (Å²) >= 11 is 1.42. The van der Waals surface area contributed by atoms with E-state index in [9.17, 15) is 0 Å². The Morgan fingerprint density at radius 3 is 3.09 bits per heavy atom. The molecule has 0 saturated heterocycles. The van der Waals surface area contributed by atoms with Gasteiger partial charge in [-0.15, -0.1) is 0 Å². The standard InChI is InChI=1S/C22H30N8O2S/c1-3-18(26-14-23-2)13-29(22-27-21(28-33-22)30-10-8-25-15-30)9-4-7-24-12-17-5-6-19-20(11-17)32-16-31-19/h3,5-6,8,10-11,14,24-25H,4,7,9,12-13,15-16H2,1-2H3,(H,23,26)/b18-3-. The number of aromatic nitrogens is 2. The molecule has 0 fully saturated rings. The van der Waals surface area contributed by atoms with Crippen LogP contribution in [0.4, 0.5) is 11.1 Å². The second-order valence-corrected chi connectivity index (χ2v) is 8.24. The first-order valence-corrected chi connectivity index (χ1v) is 11.7. The fourth-order valence-corrected chi connectivity index (χ4v) is 4.13. The predicted molar refractivity (Wildman–Crippen MR) is 132 cm³/mol. The van der Waals surface area contributed by atoms with Gasteiger partial charge in [0.25, 0.3) is 0 Å². The maximum Gasteiger partial charge on any atom is 0.244 e. The minimum atomic E-state index is 0.299. The van der Waals surface area contributed by atoms with E-state index in [0.29, 0.717) is 26.0 Å². The molecule has 3 N–H and O–H groups in total. The number of fused-ring (bicyclic) bond motifs is 1. The van der Waals surface area contributed by atoms with Crippen LogP contribution < -0.4 is 35.2 Å². The van der Waals surface area contributed by atoms with Crippen molar-refractivity contribution in [2.75, 3.05) is 49.9 Å². The number of rotatable bonds is 12. The van der Waals surface area contributed by atoms with Crippen LogP contribution in [0.15, 0.2) is 47.4 Å². The van der Waals surface area contributed by atoms with Crippen LogP contribution in [0, 0.1) is 0 Å². The van der Waals surface area contributed by atoms with Gasteiger partial charge in [-0.2, -0.15) is 9.36 Å². The summed E-state index contributed by atoms with van der Waals surface area (Å²) in [4.78, 5) is 13.0. The largest absolute Gasteiger partial charge is 0.454 e. The van der Waals surface area contributed by atoms with Gasteiger partial charge < -0.3 is 30.3 Å². The molecule has 0 bridgehead atoms. The molecule has 0 radical (unpaired) electrons. The fraction of sp³-hybridized carbons (Fsp3) is 0.409. The van der Waals surface area contributed by atoms with E-state index in [-0.39, 0.29) is 0 Å². The van der Waals surface area contributed by atoms with Crippen LogP contribution >= 0.6 is 11.5 Å². The van der Waals surface area contributed by atoms with Crippen LogP contribution in [0.2, 0.25) is 0 Å². The normalized spacial score (nSPS) is 14.8. The van der Waals surface area contributed by atoms with Crippen molar-refractivity contribution in [3.63, 3.8) is 0 Å². The van der Waals surface area contributed by atoms with Gasteiger partial charge in [-0.25, -0.2) is 0 Å². The number of nitrogens with one attached hydrogen (secondary N) is 3. The predicted octanol–water partition coefficient (Wildman–Crippen LogP) is 2.24. The molecule has 176 valence electrons. The Balaban J connectivity index is 1.32. The first-order valence-electron chi connectivity index (χ1n) is 10.9. The molecule has 4 rings (SSSR count). The SMILES string of the molecule is C/C=C(/CN(CCCNCc1ccc2c(c1)OCO2)c1nc(N2C=CNC2)ns1)NC=NC. The molecule has 0 atom stereocenters. The number of nitrogens with zero attached hydrogens (tertiary/aromatic N) is 5. The van der Waals surface area contributed by atoms with Gasteiger partial charge in [0.05, 0.1) is 19.6 Å². The monoisotopic (exact) mass is 470 g/mol. The van der Waals surface area contributed by atoms with Gasteiger partial charge in [-0.3, -0.25) is 9.89 Å². The lowest BCUT2D eigenvalue weighted by Gasteiger charge is -2.23. The summed E-state index contributed by atoms with van der Waals surface area (Å²) in [5.41, 5.74) is 2.24. The highest BCUT2D eigenvalue weighted by Gasteiger charge is 2.18. The van der Waals surface area contributed by atoms with E-state index >= 15 is 0 Å². The molecule has 11 heteroatoms. The molecule has 2 aliphatic heterocycles. The van der Waals surface area contributed by atoms with E-state index in [1.807, 2.05) is 36.4 Å². The molecule has 3 heterocycles. The zero-order valence-corrected chi connectivity index (χ0v) is 19.8. The summed E-state index contributed by atoms with van der Waals surface area (Å²) in [5.74, 6) is 2.34. The molecule has 0 spiro atoms. The topological polar surface area (TPSA) is 99.2 Å². The first-order chi connectivity index (χ1) is 16.3. The van der Waals surface area contributed by atoms with E-state index in [0.717, 1.165) is 48.4 Å². The van der Waals surface area contributed by atoms with Crippen molar-refractivity contribution in [2.45, 2.75) is 19.9 Å². The number of allylic oxidation sites excluding steroid dienone is 1. The van der Waals surface area contributed by atoms with Crippen LogP contribution in [-0.4, -0.2) is 55.8 Å². The van der Waals surface area contributed by atoms with Gasteiger partial charge in [0, 0.05) is 49.8 Å². The van der Waals surface area contributed by atoms with E-state index in [2.05, 4.69) is 42.4 Å². The lowest BCUT2D eigenvalue weighted by Crippen LogP contribution is -2.32. The molecule has 2 aromatic rings. The minimum absolute atomic E-state index is 0.299. The summed E-state index contributed by atoms with van der Waals surface area (Å²) < 4.78 is 15.4. The third-order valence-electron chi connectivity index (χ3n) is 5.20. The number of hydrogen-bond acceptors (Lipinski definition) is 10. The number of anilines is 2. The number of ether oxygens (including phenoxy) is 2. The van der Waals surface area contributed by atoms with Crippen molar-refractivity contribution in [1.29, 1.82) is 0 Å². The lowest BCUT2D eigenvalue weighted by molar-refractivity contribution is 0.174. The minimum Gasteiger partial charge on any atom is -0.454 e. The Morgan fingerprint density at radius 2 is 2.27 bits per heavy atom. The highest BCUT2D eigenvalue weighted by atomic mass is 32.1. The molecule has 1 aromatic heterocycles. The Morgan fingerprint density at radius 1 is 1.36 bits per heavy atom. The fourth-order valence-electron chi connectivity index (χ4n) is 3.43. The zero-order chi connectivity index (χ0) is 22.9.